The second kappa shape index (κ2) is 11.7. The van der Waals surface area contributed by atoms with Crippen LogP contribution in [0.2, 0.25) is 0 Å². The molecular weight excluding hydrogens is 522 g/mol. The summed E-state index contributed by atoms with van der Waals surface area (Å²) in [5.74, 6) is 0.156. The minimum atomic E-state index is -3.76. The van der Waals surface area contributed by atoms with E-state index in [2.05, 4.69) is 20.6 Å². The average molecular weight is 552 g/mol. The van der Waals surface area contributed by atoms with Crippen molar-refractivity contribution in [1.82, 2.24) is 15.0 Å². The number of nitrogens with zero attached hydrogens (tertiary/aromatic N) is 3. The number of rotatable bonds is 10. The summed E-state index contributed by atoms with van der Waals surface area (Å²) in [6, 6.07) is 15.8. The fraction of sp³-hybridized carbons (Fsp3) is 0.231. The Hall–Kier alpha value is -4.17. The lowest BCUT2D eigenvalue weighted by Gasteiger charge is -2.14. The van der Waals surface area contributed by atoms with Gasteiger partial charge >= 0.3 is 0 Å². The maximum atomic E-state index is 12.1. The zero-order valence-corrected chi connectivity index (χ0v) is 22.1. The summed E-state index contributed by atoms with van der Waals surface area (Å²) in [7, 11) is -3.76. The van der Waals surface area contributed by atoms with Crippen molar-refractivity contribution in [2.45, 2.75) is 37.4 Å². The number of pyridine rings is 1. The predicted molar refractivity (Wildman–Crippen MR) is 147 cm³/mol. The van der Waals surface area contributed by atoms with Crippen molar-refractivity contribution >= 4 is 38.6 Å². The third-order valence-corrected chi connectivity index (χ3v) is 6.69. The van der Waals surface area contributed by atoms with Gasteiger partial charge in [-0.1, -0.05) is 24.3 Å². The van der Waals surface area contributed by atoms with Crippen molar-refractivity contribution in [3.05, 3.63) is 66.2 Å². The maximum Gasteiger partial charge on any atom is 0.245 e. The standard InChI is InChI=1S/C26H29N7O5S/c1-3-38-25-23-21(32-26(33-25)29-14-16-4-10-19(11-5-16)39(28,36)37)13-12-20(31-23)17-6-8-18(9-7-17)30-24(35)22(27)15(2)34/h4-13,15,22,34H,3,14,27H2,1-2H3,(H,30,35)(H2,28,36,37)(H,29,32,33)/t15-,22?/m1/s1. The van der Waals surface area contributed by atoms with E-state index in [1.165, 1.54) is 19.1 Å². The lowest BCUT2D eigenvalue weighted by molar-refractivity contribution is -0.119. The maximum absolute atomic E-state index is 12.1. The molecule has 1 amide bonds. The van der Waals surface area contributed by atoms with Gasteiger partial charge in [0, 0.05) is 17.8 Å². The van der Waals surface area contributed by atoms with E-state index in [-0.39, 0.29) is 4.90 Å². The fourth-order valence-electron chi connectivity index (χ4n) is 3.61. The van der Waals surface area contributed by atoms with Gasteiger partial charge in [0.25, 0.3) is 0 Å². The molecule has 0 aliphatic rings. The van der Waals surface area contributed by atoms with E-state index in [1.807, 2.05) is 19.1 Å². The number of aliphatic hydroxyl groups excluding tert-OH is 1. The third-order valence-electron chi connectivity index (χ3n) is 5.76. The molecule has 204 valence electrons. The number of aromatic nitrogens is 3. The number of benzene rings is 2. The molecule has 13 heteroatoms. The Labute approximate surface area is 225 Å². The van der Waals surface area contributed by atoms with Crippen molar-refractivity contribution in [2.75, 3.05) is 17.2 Å². The molecule has 0 bridgehead atoms. The summed E-state index contributed by atoms with van der Waals surface area (Å²) in [5, 5.41) is 20.4. The number of fused-ring (bicyclic) bond motifs is 1. The highest BCUT2D eigenvalue weighted by atomic mass is 32.2. The van der Waals surface area contributed by atoms with E-state index in [4.69, 9.17) is 20.6 Å². The van der Waals surface area contributed by atoms with E-state index < -0.39 is 28.1 Å². The molecule has 0 fully saturated rings. The van der Waals surface area contributed by atoms with Crippen LogP contribution >= 0.6 is 0 Å². The first-order valence-electron chi connectivity index (χ1n) is 12.1. The van der Waals surface area contributed by atoms with Gasteiger partial charge in [-0.25, -0.2) is 23.5 Å². The van der Waals surface area contributed by atoms with Crippen LogP contribution in [-0.4, -0.2) is 53.1 Å². The number of hydrogen-bond acceptors (Lipinski definition) is 10. The van der Waals surface area contributed by atoms with Gasteiger partial charge in [-0.2, -0.15) is 4.98 Å². The first-order chi connectivity index (χ1) is 18.5. The Balaban J connectivity index is 1.54. The first kappa shape index (κ1) is 27.9. The molecule has 2 heterocycles. The molecule has 12 nitrogen and oxygen atoms in total. The molecule has 4 aromatic rings. The molecule has 0 radical (unpaired) electrons. The average Bonchev–Trinajstić information content (AvgIpc) is 2.91. The first-order valence-corrected chi connectivity index (χ1v) is 13.6. The summed E-state index contributed by atoms with van der Waals surface area (Å²) < 4.78 is 28.7. The number of hydrogen-bond donors (Lipinski definition) is 5. The van der Waals surface area contributed by atoms with E-state index in [0.717, 1.165) is 11.1 Å². The molecule has 2 atom stereocenters. The van der Waals surface area contributed by atoms with Crippen LogP contribution in [0, 0.1) is 0 Å². The third kappa shape index (κ3) is 6.83. The molecule has 2 aromatic carbocycles. The van der Waals surface area contributed by atoms with Crippen LogP contribution in [0.5, 0.6) is 5.88 Å². The zero-order valence-electron chi connectivity index (χ0n) is 21.3. The number of carbonyl (C=O) groups is 1. The van der Waals surface area contributed by atoms with E-state index in [9.17, 15) is 18.3 Å². The van der Waals surface area contributed by atoms with Crippen LogP contribution in [0.4, 0.5) is 11.6 Å². The molecule has 0 aliphatic heterocycles. The number of nitrogens with two attached hydrogens (primary N) is 2. The molecule has 4 rings (SSSR count). The molecule has 0 saturated heterocycles. The van der Waals surface area contributed by atoms with Crippen LogP contribution in [-0.2, 0) is 21.4 Å². The number of primary sulfonamides is 1. The van der Waals surface area contributed by atoms with E-state index in [1.54, 1.807) is 36.4 Å². The second-order valence-corrected chi connectivity index (χ2v) is 10.3. The highest BCUT2D eigenvalue weighted by Crippen LogP contribution is 2.27. The molecule has 1 unspecified atom stereocenters. The number of amides is 1. The van der Waals surface area contributed by atoms with Gasteiger partial charge in [-0.05, 0) is 55.8 Å². The van der Waals surface area contributed by atoms with Crippen molar-refractivity contribution in [2.24, 2.45) is 10.9 Å². The predicted octanol–water partition coefficient (Wildman–Crippen LogP) is 2.00. The smallest absolute Gasteiger partial charge is 0.245 e. The molecule has 39 heavy (non-hydrogen) atoms. The van der Waals surface area contributed by atoms with Gasteiger partial charge < -0.3 is 26.2 Å². The summed E-state index contributed by atoms with van der Waals surface area (Å²) in [6.45, 7) is 4.01. The van der Waals surface area contributed by atoms with Crippen LogP contribution in [0.3, 0.4) is 0 Å². The molecule has 0 saturated carbocycles. The van der Waals surface area contributed by atoms with E-state index in [0.29, 0.717) is 47.4 Å². The van der Waals surface area contributed by atoms with Crippen molar-refractivity contribution < 1.29 is 23.1 Å². The Morgan fingerprint density at radius 2 is 1.72 bits per heavy atom. The molecule has 7 N–H and O–H groups in total. The highest BCUT2D eigenvalue weighted by molar-refractivity contribution is 7.89. The topological polar surface area (TPSA) is 195 Å². The van der Waals surface area contributed by atoms with Gasteiger partial charge in [0.15, 0.2) is 5.52 Å². The molecule has 0 spiro atoms. The Morgan fingerprint density at radius 1 is 1.03 bits per heavy atom. The zero-order chi connectivity index (χ0) is 28.2. The summed E-state index contributed by atoms with van der Waals surface area (Å²) in [4.78, 5) is 25.9. The van der Waals surface area contributed by atoms with E-state index >= 15 is 0 Å². The molecule has 0 aliphatic carbocycles. The number of carbonyl (C=O) groups excluding carboxylic acids is 1. The van der Waals surface area contributed by atoms with Crippen LogP contribution in [0.25, 0.3) is 22.3 Å². The molecule has 2 aromatic heterocycles. The highest BCUT2D eigenvalue weighted by Gasteiger charge is 2.19. The van der Waals surface area contributed by atoms with Gasteiger partial charge in [-0.3, -0.25) is 4.79 Å². The Bertz CT molecular complexity index is 1580. The molecular formula is C26H29N7O5S. The second-order valence-electron chi connectivity index (χ2n) is 8.73. The Morgan fingerprint density at radius 3 is 2.33 bits per heavy atom. The summed E-state index contributed by atoms with van der Waals surface area (Å²) in [5.41, 5.74) is 9.52. The van der Waals surface area contributed by atoms with Crippen molar-refractivity contribution in [3.8, 4) is 17.1 Å². The lowest BCUT2D eigenvalue weighted by Crippen LogP contribution is -2.43. The lowest BCUT2D eigenvalue weighted by atomic mass is 10.1. The van der Waals surface area contributed by atoms with Crippen LogP contribution in [0.1, 0.15) is 19.4 Å². The minimum Gasteiger partial charge on any atom is -0.476 e. The van der Waals surface area contributed by atoms with Gasteiger partial charge in [0.05, 0.1) is 28.8 Å². The SMILES string of the molecule is CCOc1nc(NCc2ccc(S(N)(=O)=O)cc2)nc2ccc(-c3ccc(NC(=O)C(N)[C@@H](C)O)cc3)nc12. The normalized spacial score (nSPS) is 13.1. The fourth-order valence-corrected chi connectivity index (χ4v) is 4.13. The summed E-state index contributed by atoms with van der Waals surface area (Å²) >= 11 is 0. The van der Waals surface area contributed by atoms with Gasteiger partial charge in [-0.15, -0.1) is 0 Å². The van der Waals surface area contributed by atoms with Gasteiger partial charge in [0.1, 0.15) is 6.04 Å². The summed E-state index contributed by atoms with van der Waals surface area (Å²) in [6.07, 6.45) is -0.965. The van der Waals surface area contributed by atoms with Crippen LogP contribution < -0.4 is 26.2 Å². The monoisotopic (exact) mass is 551 g/mol. The number of anilines is 2. The van der Waals surface area contributed by atoms with Crippen molar-refractivity contribution in [3.63, 3.8) is 0 Å². The van der Waals surface area contributed by atoms with Crippen LogP contribution in [0.15, 0.2) is 65.6 Å². The number of nitrogens with one attached hydrogen (secondary N) is 2. The quantitative estimate of drug-likeness (QED) is 0.194. The number of ether oxygens (including phenoxy) is 1. The Kier molecular flexibility index (Phi) is 8.35. The number of sulfonamides is 1. The van der Waals surface area contributed by atoms with Gasteiger partial charge in [0.2, 0.25) is 27.8 Å². The minimum absolute atomic E-state index is 0.0358. The largest absolute Gasteiger partial charge is 0.476 e. The number of aliphatic hydroxyl groups is 1. The van der Waals surface area contributed by atoms with Crippen molar-refractivity contribution in [1.29, 1.82) is 0 Å².